The molecule has 2 aromatic heterocycles. The first-order chi connectivity index (χ1) is 12.1. The number of amides is 1. The highest BCUT2D eigenvalue weighted by molar-refractivity contribution is 6.14. The van der Waals surface area contributed by atoms with E-state index in [1.54, 1.807) is 0 Å². The molecule has 1 aliphatic rings. The summed E-state index contributed by atoms with van der Waals surface area (Å²) in [6.45, 7) is 7.98. The number of aromatic amines is 1. The number of H-pyrrole nitrogens is 1. The van der Waals surface area contributed by atoms with Crippen molar-refractivity contribution < 1.29 is 4.79 Å². The molecule has 3 aromatic rings. The molecule has 25 heavy (non-hydrogen) atoms. The van der Waals surface area contributed by atoms with Gasteiger partial charge in [0, 0.05) is 29.6 Å². The van der Waals surface area contributed by atoms with Gasteiger partial charge in [0.25, 0.3) is 5.91 Å². The lowest BCUT2D eigenvalue weighted by Crippen LogP contribution is -2.33. The van der Waals surface area contributed by atoms with Gasteiger partial charge in [-0.05, 0) is 57.5 Å². The number of rotatable bonds is 4. The number of likely N-dealkylation sites (tertiary alicyclic amines) is 1. The molecule has 3 heterocycles. The highest BCUT2D eigenvalue weighted by Gasteiger charge is 2.16. The molecule has 1 fully saturated rings. The van der Waals surface area contributed by atoms with Crippen molar-refractivity contribution in [1.82, 2.24) is 20.2 Å². The third-order valence-corrected chi connectivity index (χ3v) is 5.22. The van der Waals surface area contributed by atoms with Gasteiger partial charge >= 0.3 is 0 Å². The van der Waals surface area contributed by atoms with Gasteiger partial charge in [-0.1, -0.05) is 12.1 Å². The topological polar surface area (TPSA) is 61.0 Å². The predicted molar refractivity (Wildman–Crippen MR) is 101 cm³/mol. The highest BCUT2D eigenvalue weighted by Crippen LogP contribution is 2.28. The molecule has 0 saturated carbocycles. The van der Waals surface area contributed by atoms with E-state index >= 15 is 0 Å². The van der Waals surface area contributed by atoms with E-state index < -0.39 is 0 Å². The van der Waals surface area contributed by atoms with Gasteiger partial charge in [0.1, 0.15) is 5.65 Å². The van der Waals surface area contributed by atoms with Crippen LogP contribution in [0.15, 0.2) is 24.3 Å². The van der Waals surface area contributed by atoms with Crippen molar-refractivity contribution in [2.75, 3.05) is 26.2 Å². The summed E-state index contributed by atoms with van der Waals surface area (Å²) in [6, 6.07) is 8.01. The van der Waals surface area contributed by atoms with Crippen LogP contribution in [-0.2, 0) is 0 Å². The molecule has 0 unspecified atom stereocenters. The lowest BCUT2D eigenvalue weighted by Gasteiger charge is -2.14. The fraction of sp³-hybridized carbons (Fsp3) is 0.400. The van der Waals surface area contributed by atoms with E-state index in [0.29, 0.717) is 12.1 Å². The van der Waals surface area contributed by atoms with Crippen LogP contribution in [-0.4, -0.2) is 47.0 Å². The number of fused-ring (bicyclic) bond motifs is 3. The van der Waals surface area contributed by atoms with E-state index in [1.807, 2.05) is 25.1 Å². The third-order valence-electron chi connectivity index (χ3n) is 5.22. The van der Waals surface area contributed by atoms with E-state index in [9.17, 15) is 4.79 Å². The number of hydrogen-bond donors (Lipinski definition) is 2. The van der Waals surface area contributed by atoms with Crippen LogP contribution in [0, 0.1) is 13.8 Å². The van der Waals surface area contributed by atoms with Crippen LogP contribution in [0.2, 0.25) is 0 Å². The Morgan fingerprint density at radius 2 is 2.04 bits per heavy atom. The van der Waals surface area contributed by atoms with E-state index in [1.165, 1.54) is 12.8 Å². The maximum Gasteiger partial charge on any atom is 0.253 e. The summed E-state index contributed by atoms with van der Waals surface area (Å²) in [5.74, 6) is -0.0233. The second-order valence-corrected chi connectivity index (χ2v) is 6.94. The smallest absolute Gasteiger partial charge is 0.253 e. The number of hydrogen-bond acceptors (Lipinski definition) is 3. The van der Waals surface area contributed by atoms with Gasteiger partial charge in [-0.15, -0.1) is 0 Å². The Balaban J connectivity index is 1.61. The second kappa shape index (κ2) is 6.48. The molecule has 0 atom stereocenters. The molecule has 1 aliphatic heterocycles. The first-order valence-corrected chi connectivity index (χ1v) is 9.02. The number of aryl methyl sites for hydroxylation is 2. The van der Waals surface area contributed by atoms with Gasteiger partial charge in [-0.3, -0.25) is 4.79 Å². The summed E-state index contributed by atoms with van der Waals surface area (Å²) < 4.78 is 0. The Morgan fingerprint density at radius 1 is 1.24 bits per heavy atom. The van der Waals surface area contributed by atoms with Crippen molar-refractivity contribution >= 4 is 27.8 Å². The Morgan fingerprint density at radius 3 is 2.84 bits per heavy atom. The number of carbonyl (C=O) groups is 1. The molecule has 5 nitrogen and oxygen atoms in total. The Bertz CT molecular complexity index is 938. The van der Waals surface area contributed by atoms with Crippen LogP contribution in [0.25, 0.3) is 21.9 Å². The average Bonchev–Trinajstić information content (AvgIpc) is 3.23. The molecule has 1 amide bonds. The van der Waals surface area contributed by atoms with Crippen molar-refractivity contribution in [1.29, 1.82) is 0 Å². The molecule has 0 aliphatic carbocycles. The SMILES string of the molecule is Cc1cc2c(nc1C)[nH]c1c(C(=O)NCCN3CCCC3)cccc12. The van der Waals surface area contributed by atoms with Gasteiger partial charge in [0.2, 0.25) is 0 Å². The lowest BCUT2D eigenvalue weighted by molar-refractivity contribution is 0.0951. The molecular formula is C20H24N4O. The molecule has 4 rings (SSSR count). The minimum atomic E-state index is -0.0233. The summed E-state index contributed by atoms with van der Waals surface area (Å²) in [7, 11) is 0. The lowest BCUT2D eigenvalue weighted by atomic mass is 10.1. The van der Waals surface area contributed by atoms with Gasteiger partial charge in [0.15, 0.2) is 0 Å². The van der Waals surface area contributed by atoms with Gasteiger partial charge in [-0.2, -0.15) is 0 Å². The van der Waals surface area contributed by atoms with Crippen molar-refractivity contribution in [3.63, 3.8) is 0 Å². The molecule has 0 spiro atoms. The minimum absolute atomic E-state index is 0.0233. The molecule has 2 N–H and O–H groups in total. The monoisotopic (exact) mass is 336 g/mol. The second-order valence-electron chi connectivity index (χ2n) is 6.94. The van der Waals surface area contributed by atoms with Gasteiger partial charge < -0.3 is 15.2 Å². The Kier molecular flexibility index (Phi) is 4.17. The maximum atomic E-state index is 12.7. The zero-order chi connectivity index (χ0) is 17.4. The molecular weight excluding hydrogens is 312 g/mol. The maximum absolute atomic E-state index is 12.7. The van der Waals surface area contributed by atoms with Crippen LogP contribution < -0.4 is 5.32 Å². The number of carbonyl (C=O) groups excluding carboxylic acids is 1. The number of benzene rings is 1. The standard InChI is InChI=1S/C20H24N4O/c1-13-12-17-15-6-5-7-16(18(15)23-19(17)22-14(13)2)20(25)21-8-11-24-9-3-4-10-24/h5-7,12H,3-4,8-11H2,1-2H3,(H,21,25)(H,22,23). The third kappa shape index (κ3) is 3.00. The van der Waals surface area contributed by atoms with E-state index in [-0.39, 0.29) is 5.91 Å². The zero-order valence-electron chi connectivity index (χ0n) is 14.9. The van der Waals surface area contributed by atoms with Crippen molar-refractivity contribution in [3.8, 4) is 0 Å². The number of nitrogens with one attached hydrogen (secondary N) is 2. The first kappa shape index (κ1) is 16.1. The Hall–Kier alpha value is -2.40. The quantitative estimate of drug-likeness (QED) is 0.769. The van der Waals surface area contributed by atoms with Crippen LogP contribution in [0.4, 0.5) is 0 Å². The van der Waals surface area contributed by atoms with E-state index in [2.05, 4.69) is 33.2 Å². The average molecular weight is 336 g/mol. The minimum Gasteiger partial charge on any atom is -0.351 e. The summed E-state index contributed by atoms with van der Waals surface area (Å²) >= 11 is 0. The van der Waals surface area contributed by atoms with E-state index in [0.717, 1.165) is 52.8 Å². The van der Waals surface area contributed by atoms with Crippen LogP contribution >= 0.6 is 0 Å². The van der Waals surface area contributed by atoms with Crippen molar-refractivity contribution in [2.45, 2.75) is 26.7 Å². The predicted octanol–water partition coefficient (Wildman–Crippen LogP) is 3.16. The fourth-order valence-electron chi connectivity index (χ4n) is 3.65. The summed E-state index contributed by atoms with van der Waals surface area (Å²) in [6.07, 6.45) is 2.54. The molecule has 130 valence electrons. The van der Waals surface area contributed by atoms with Crippen LogP contribution in [0.1, 0.15) is 34.5 Å². The summed E-state index contributed by atoms with van der Waals surface area (Å²) in [5, 5.41) is 5.19. The fourth-order valence-corrected chi connectivity index (χ4v) is 3.65. The number of pyridine rings is 1. The molecule has 0 bridgehead atoms. The van der Waals surface area contributed by atoms with Crippen LogP contribution in [0.5, 0.6) is 0 Å². The van der Waals surface area contributed by atoms with Gasteiger partial charge in [-0.25, -0.2) is 4.98 Å². The number of aromatic nitrogens is 2. The molecule has 0 radical (unpaired) electrons. The van der Waals surface area contributed by atoms with E-state index in [4.69, 9.17) is 0 Å². The largest absolute Gasteiger partial charge is 0.351 e. The first-order valence-electron chi connectivity index (χ1n) is 9.02. The van der Waals surface area contributed by atoms with Gasteiger partial charge in [0.05, 0.1) is 11.1 Å². The molecule has 5 heteroatoms. The highest BCUT2D eigenvalue weighted by atomic mass is 16.1. The van der Waals surface area contributed by atoms with Crippen LogP contribution in [0.3, 0.4) is 0 Å². The normalized spacial score (nSPS) is 15.3. The van der Waals surface area contributed by atoms with Crippen molar-refractivity contribution in [2.24, 2.45) is 0 Å². The molecule has 1 aromatic carbocycles. The molecule has 1 saturated heterocycles. The van der Waals surface area contributed by atoms with Crippen molar-refractivity contribution in [3.05, 3.63) is 41.1 Å². The number of para-hydroxylation sites is 1. The Labute approximate surface area is 147 Å². The number of nitrogens with zero attached hydrogens (tertiary/aromatic N) is 2. The zero-order valence-corrected chi connectivity index (χ0v) is 14.9. The summed E-state index contributed by atoms with van der Waals surface area (Å²) in [5.41, 5.74) is 4.57. The summed E-state index contributed by atoms with van der Waals surface area (Å²) in [4.78, 5) is 23.1.